The Balaban J connectivity index is 2.08. The van der Waals surface area contributed by atoms with Gasteiger partial charge < -0.3 is 9.52 Å². The third-order valence-electron chi connectivity index (χ3n) is 2.79. The Hall–Kier alpha value is -2.06. The van der Waals surface area contributed by atoms with Crippen molar-refractivity contribution in [3.63, 3.8) is 0 Å². The minimum Gasteiger partial charge on any atom is -0.481 e. The van der Waals surface area contributed by atoms with Gasteiger partial charge in [0.25, 0.3) is 5.56 Å². The predicted molar refractivity (Wildman–Crippen MR) is 80.0 cm³/mol. The molecule has 0 unspecified atom stereocenters. The first-order valence-electron chi connectivity index (χ1n) is 5.99. The van der Waals surface area contributed by atoms with Crippen LogP contribution in [-0.2, 0) is 11.3 Å². The number of hydrogen-bond donors (Lipinski definition) is 1. The van der Waals surface area contributed by atoms with E-state index in [0.29, 0.717) is 21.9 Å². The molecule has 108 valence electrons. The van der Waals surface area contributed by atoms with Crippen LogP contribution in [0.5, 0.6) is 0 Å². The van der Waals surface area contributed by atoms with Crippen molar-refractivity contribution in [3.8, 4) is 0 Å². The minimum atomic E-state index is -0.949. The number of carboxylic acids is 1. The van der Waals surface area contributed by atoms with E-state index in [1.54, 1.807) is 23.8 Å². The average Bonchev–Trinajstić information content (AvgIpc) is 3.11. The summed E-state index contributed by atoms with van der Waals surface area (Å²) in [5.74, 6) is -1.09. The Morgan fingerprint density at radius 1 is 1.48 bits per heavy atom. The monoisotopic (exact) mass is 322 g/mol. The molecule has 0 amide bonds. The molecule has 1 N–H and O–H groups in total. The lowest BCUT2D eigenvalue weighted by Crippen LogP contribution is -2.23. The van der Waals surface area contributed by atoms with Crippen LogP contribution in [0, 0.1) is 0 Å². The number of aromatic nitrogens is 2. The lowest BCUT2D eigenvalue weighted by atomic mass is 10.3. The summed E-state index contributed by atoms with van der Waals surface area (Å²) >= 11 is 2.40. The van der Waals surface area contributed by atoms with Crippen LogP contribution >= 0.6 is 23.1 Å². The van der Waals surface area contributed by atoms with E-state index in [4.69, 9.17) is 9.52 Å². The number of carboxylic acid groups (broad SMARTS) is 1. The van der Waals surface area contributed by atoms with Gasteiger partial charge in [0, 0.05) is 5.56 Å². The van der Waals surface area contributed by atoms with Gasteiger partial charge in [0.1, 0.15) is 4.83 Å². The van der Waals surface area contributed by atoms with Gasteiger partial charge >= 0.3 is 5.97 Å². The number of thioether (sulfide) groups is 1. The molecule has 0 saturated carbocycles. The van der Waals surface area contributed by atoms with Gasteiger partial charge in [-0.2, -0.15) is 0 Å². The first-order chi connectivity index (χ1) is 10.1. The maximum Gasteiger partial charge on any atom is 0.313 e. The van der Waals surface area contributed by atoms with Gasteiger partial charge in [0.05, 0.1) is 30.2 Å². The summed E-state index contributed by atoms with van der Waals surface area (Å²) in [6.07, 6.45) is 3.08. The Bertz CT molecular complexity index is 836. The number of furan rings is 1. The molecule has 6 nitrogen and oxygen atoms in total. The molecule has 3 aromatic rings. The molecule has 0 bridgehead atoms. The maximum atomic E-state index is 12.5. The first-order valence-corrected chi connectivity index (χ1v) is 7.85. The Labute approximate surface area is 127 Å². The van der Waals surface area contributed by atoms with E-state index in [9.17, 15) is 9.59 Å². The number of nitrogens with zero attached hydrogens (tertiary/aromatic N) is 2. The molecule has 0 aromatic carbocycles. The van der Waals surface area contributed by atoms with Crippen molar-refractivity contribution in [2.45, 2.75) is 11.7 Å². The van der Waals surface area contributed by atoms with Crippen LogP contribution in [0.2, 0.25) is 0 Å². The van der Waals surface area contributed by atoms with Crippen molar-refractivity contribution in [1.82, 2.24) is 9.55 Å². The van der Waals surface area contributed by atoms with E-state index < -0.39 is 5.97 Å². The quantitative estimate of drug-likeness (QED) is 0.573. The number of rotatable bonds is 5. The fourth-order valence-electron chi connectivity index (χ4n) is 1.87. The van der Waals surface area contributed by atoms with Crippen molar-refractivity contribution >= 4 is 39.3 Å². The van der Waals surface area contributed by atoms with Crippen LogP contribution in [0.4, 0.5) is 0 Å². The van der Waals surface area contributed by atoms with E-state index in [2.05, 4.69) is 4.98 Å². The highest BCUT2D eigenvalue weighted by Gasteiger charge is 2.14. The van der Waals surface area contributed by atoms with Gasteiger partial charge in [-0.3, -0.25) is 14.2 Å². The summed E-state index contributed by atoms with van der Waals surface area (Å²) in [6.45, 7) is 0.302. The zero-order chi connectivity index (χ0) is 14.8. The summed E-state index contributed by atoms with van der Waals surface area (Å²) in [5, 5.41) is 11.6. The number of hydrogen-bond acceptors (Lipinski definition) is 6. The van der Waals surface area contributed by atoms with E-state index in [0.717, 1.165) is 17.3 Å². The molecule has 0 aliphatic carbocycles. The van der Waals surface area contributed by atoms with E-state index in [1.165, 1.54) is 22.2 Å². The lowest BCUT2D eigenvalue weighted by Gasteiger charge is -2.10. The average molecular weight is 322 g/mol. The molecule has 0 aliphatic rings. The molecule has 3 aromatic heterocycles. The minimum absolute atomic E-state index is 0.144. The van der Waals surface area contributed by atoms with Crippen LogP contribution in [-0.4, -0.2) is 26.4 Å². The predicted octanol–water partition coefficient (Wildman–Crippen LogP) is 2.28. The highest BCUT2D eigenvalue weighted by molar-refractivity contribution is 7.99. The van der Waals surface area contributed by atoms with Gasteiger partial charge in [0.15, 0.2) is 5.16 Å². The highest BCUT2D eigenvalue weighted by Crippen LogP contribution is 2.21. The van der Waals surface area contributed by atoms with E-state index >= 15 is 0 Å². The molecule has 3 rings (SSSR count). The number of fused-ring (bicyclic) bond motifs is 1. The molecule has 0 saturated heterocycles. The summed E-state index contributed by atoms with van der Waals surface area (Å²) in [7, 11) is 0. The molecule has 8 heteroatoms. The van der Waals surface area contributed by atoms with Gasteiger partial charge in [0.2, 0.25) is 0 Å². The summed E-state index contributed by atoms with van der Waals surface area (Å²) in [6, 6.07) is 3.49. The molecule has 0 radical (unpaired) electrons. The first kappa shape index (κ1) is 13.9. The number of carbonyl (C=O) groups is 1. The third-order valence-corrected chi connectivity index (χ3v) is 4.56. The zero-order valence-electron chi connectivity index (χ0n) is 10.7. The van der Waals surface area contributed by atoms with Crippen molar-refractivity contribution < 1.29 is 14.3 Å². The van der Waals surface area contributed by atoms with Crippen molar-refractivity contribution in [1.29, 1.82) is 0 Å². The highest BCUT2D eigenvalue weighted by atomic mass is 32.2. The van der Waals surface area contributed by atoms with Crippen molar-refractivity contribution in [2.24, 2.45) is 0 Å². The van der Waals surface area contributed by atoms with Crippen molar-refractivity contribution in [3.05, 3.63) is 46.0 Å². The second-order valence-electron chi connectivity index (χ2n) is 4.24. The van der Waals surface area contributed by atoms with Crippen LogP contribution < -0.4 is 5.56 Å². The summed E-state index contributed by atoms with van der Waals surface area (Å²) in [4.78, 5) is 28.3. The topological polar surface area (TPSA) is 85.3 Å². The van der Waals surface area contributed by atoms with E-state index in [1.807, 2.05) is 0 Å². The van der Waals surface area contributed by atoms with E-state index in [-0.39, 0.29) is 11.3 Å². The number of aliphatic carboxylic acids is 1. The fourth-order valence-corrected chi connectivity index (χ4v) is 3.40. The van der Waals surface area contributed by atoms with Crippen LogP contribution in [0.3, 0.4) is 0 Å². The van der Waals surface area contributed by atoms with Crippen LogP contribution in [0.15, 0.2) is 44.4 Å². The standard InChI is InChI=1S/C13H10N2O4S2/c16-10(17)7-21-13-14-11-9(2-4-20-11)12(18)15(13)5-8-1-3-19-6-8/h1-4,6H,5,7H2,(H,16,17). The van der Waals surface area contributed by atoms with Gasteiger partial charge in [-0.15, -0.1) is 11.3 Å². The Morgan fingerprint density at radius 2 is 2.33 bits per heavy atom. The zero-order valence-corrected chi connectivity index (χ0v) is 12.3. The molecule has 0 fully saturated rings. The van der Waals surface area contributed by atoms with Crippen LogP contribution in [0.1, 0.15) is 5.56 Å². The van der Waals surface area contributed by atoms with Gasteiger partial charge in [-0.1, -0.05) is 11.8 Å². The molecule has 3 heterocycles. The van der Waals surface area contributed by atoms with Gasteiger partial charge in [-0.05, 0) is 17.5 Å². The normalized spacial score (nSPS) is 11.0. The lowest BCUT2D eigenvalue weighted by molar-refractivity contribution is -0.133. The number of thiophene rings is 1. The van der Waals surface area contributed by atoms with Gasteiger partial charge in [-0.25, -0.2) is 4.98 Å². The Kier molecular flexibility index (Phi) is 3.80. The molecule has 21 heavy (non-hydrogen) atoms. The Morgan fingerprint density at radius 3 is 3.05 bits per heavy atom. The molecule has 0 spiro atoms. The third kappa shape index (κ3) is 2.86. The maximum absolute atomic E-state index is 12.5. The molecule has 0 atom stereocenters. The fraction of sp³-hybridized carbons (Fsp3) is 0.154. The van der Waals surface area contributed by atoms with Crippen LogP contribution in [0.25, 0.3) is 10.2 Å². The molecular formula is C13H10N2O4S2. The SMILES string of the molecule is O=C(O)CSc1nc2sccc2c(=O)n1Cc1ccoc1. The second kappa shape index (κ2) is 5.74. The molecule has 0 aliphatic heterocycles. The molecular weight excluding hydrogens is 312 g/mol. The summed E-state index contributed by atoms with van der Waals surface area (Å²) in [5.41, 5.74) is 0.654. The van der Waals surface area contributed by atoms with Crippen molar-refractivity contribution in [2.75, 3.05) is 5.75 Å². The second-order valence-corrected chi connectivity index (χ2v) is 6.08. The smallest absolute Gasteiger partial charge is 0.313 e. The summed E-state index contributed by atoms with van der Waals surface area (Å²) < 4.78 is 6.48. The largest absolute Gasteiger partial charge is 0.481 e.